The fourth-order valence-electron chi connectivity index (χ4n) is 4.43. The van der Waals surface area contributed by atoms with E-state index in [1.54, 1.807) is 0 Å². The van der Waals surface area contributed by atoms with Crippen LogP contribution in [0.4, 0.5) is 11.4 Å². The summed E-state index contributed by atoms with van der Waals surface area (Å²) in [5.41, 5.74) is 2.76. The summed E-state index contributed by atoms with van der Waals surface area (Å²) in [6.45, 7) is 2.94. The van der Waals surface area contributed by atoms with Crippen LogP contribution in [0.3, 0.4) is 0 Å². The summed E-state index contributed by atoms with van der Waals surface area (Å²) in [5, 5.41) is 3.01. The number of hydrogen-bond acceptors (Lipinski definition) is 4. The SMILES string of the molecule is O=C(Nc1ccc(N2CCCCC2)cc1)C1CCN(S(=O)(=O)Cc2ccc(Br)cc2)CC1. The highest BCUT2D eigenvalue weighted by atomic mass is 79.9. The molecule has 2 aromatic rings. The van der Waals surface area contributed by atoms with Crippen LogP contribution >= 0.6 is 15.9 Å². The molecule has 2 aliphatic heterocycles. The van der Waals surface area contributed by atoms with Crippen molar-refractivity contribution < 1.29 is 13.2 Å². The number of anilines is 2. The predicted molar refractivity (Wildman–Crippen MR) is 132 cm³/mol. The highest BCUT2D eigenvalue weighted by Crippen LogP contribution is 2.25. The Morgan fingerprint density at radius 2 is 1.53 bits per heavy atom. The van der Waals surface area contributed by atoms with Crippen molar-refractivity contribution in [1.82, 2.24) is 4.31 Å². The van der Waals surface area contributed by atoms with Crippen LogP contribution < -0.4 is 10.2 Å². The van der Waals surface area contributed by atoms with Crippen LogP contribution in [0.25, 0.3) is 0 Å². The molecule has 0 radical (unpaired) electrons. The number of sulfonamides is 1. The van der Waals surface area contributed by atoms with Crippen LogP contribution in [-0.2, 0) is 20.6 Å². The minimum atomic E-state index is -3.39. The zero-order valence-electron chi connectivity index (χ0n) is 18.2. The van der Waals surface area contributed by atoms with Crippen LogP contribution in [0.5, 0.6) is 0 Å². The Hall–Kier alpha value is -1.90. The predicted octanol–water partition coefficient (Wildman–Crippen LogP) is 4.62. The molecule has 0 aromatic heterocycles. The van der Waals surface area contributed by atoms with E-state index in [9.17, 15) is 13.2 Å². The number of nitrogens with zero attached hydrogens (tertiary/aromatic N) is 2. The molecule has 0 atom stereocenters. The van der Waals surface area contributed by atoms with Crippen LogP contribution in [-0.4, -0.2) is 44.8 Å². The number of benzene rings is 2. The van der Waals surface area contributed by atoms with E-state index in [-0.39, 0.29) is 17.6 Å². The topological polar surface area (TPSA) is 69.7 Å². The largest absolute Gasteiger partial charge is 0.372 e. The molecule has 4 rings (SSSR count). The molecule has 0 aliphatic carbocycles. The summed E-state index contributed by atoms with van der Waals surface area (Å²) < 4.78 is 28.0. The molecule has 1 N–H and O–H groups in total. The first-order valence-corrected chi connectivity index (χ1v) is 13.7. The Labute approximate surface area is 199 Å². The lowest BCUT2D eigenvalue weighted by Gasteiger charge is -2.31. The third kappa shape index (κ3) is 5.91. The molecule has 32 heavy (non-hydrogen) atoms. The van der Waals surface area contributed by atoms with Crippen molar-refractivity contribution in [3.8, 4) is 0 Å². The van der Waals surface area contributed by atoms with Crippen molar-refractivity contribution >= 4 is 43.2 Å². The number of rotatable bonds is 6. The monoisotopic (exact) mass is 519 g/mol. The number of piperidine rings is 2. The first kappa shape index (κ1) is 23.3. The number of nitrogens with one attached hydrogen (secondary N) is 1. The first-order valence-electron chi connectivity index (χ1n) is 11.3. The highest BCUT2D eigenvalue weighted by Gasteiger charge is 2.31. The lowest BCUT2D eigenvalue weighted by Crippen LogP contribution is -2.41. The van der Waals surface area contributed by atoms with E-state index >= 15 is 0 Å². The third-order valence-electron chi connectivity index (χ3n) is 6.34. The number of amides is 1. The Morgan fingerprint density at radius 1 is 0.906 bits per heavy atom. The van der Waals surface area contributed by atoms with Crippen molar-refractivity contribution in [3.63, 3.8) is 0 Å². The zero-order valence-corrected chi connectivity index (χ0v) is 20.6. The van der Waals surface area contributed by atoms with Crippen LogP contribution in [0.15, 0.2) is 53.0 Å². The first-order chi connectivity index (χ1) is 15.4. The number of halogens is 1. The molecule has 1 amide bonds. The van der Waals surface area contributed by atoms with E-state index in [1.165, 1.54) is 29.3 Å². The molecule has 0 spiro atoms. The Morgan fingerprint density at radius 3 is 2.16 bits per heavy atom. The van der Waals surface area contributed by atoms with Crippen LogP contribution in [0, 0.1) is 5.92 Å². The molecule has 2 aromatic carbocycles. The van der Waals surface area contributed by atoms with E-state index in [2.05, 4.69) is 38.3 Å². The fraction of sp³-hybridized carbons (Fsp3) is 0.458. The van der Waals surface area contributed by atoms with E-state index in [0.29, 0.717) is 25.9 Å². The normalized spacial score (nSPS) is 18.5. The van der Waals surface area contributed by atoms with Gasteiger partial charge in [-0.15, -0.1) is 0 Å². The molecule has 8 heteroatoms. The zero-order chi connectivity index (χ0) is 22.6. The molecule has 6 nitrogen and oxygen atoms in total. The van der Waals surface area contributed by atoms with Gasteiger partial charge in [-0.3, -0.25) is 4.79 Å². The van der Waals surface area contributed by atoms with E-state index in [0.717, 1.165) is 28.8 Å². The third-order valence-corrected chi connectivity index (χ3v) is 8.72. The van der Waals surface area contributed by atoms with Crippen molar-refractivity contribution in [2.45, 2.75) is 37.9 Å². The maximum Gasteiger partial charge on any atom is 0.227 e. The summed E-state index contributed by atoms with van der Waals surface area (Å²) in [6.07, 6.45) is 4.84. The van der Waals surface area contributed by atoms with Gasteiger partial charge in [0.25, 0.3) is 0 Å². The summed E-state index contributed by atoms with van der Waals surface area (Å²) in [5.74, 6) is -0.211. The molecular weight excluding hydrogens is 490 g/mol. The lowest BCUT2D eigenvalue weighted by molar-refractivity contribution is -0.120. The lowest BCUT2D eigenvalue weighted by atomic mass is 9.97. The molecule has 2 saturated heterocycles. The fourth-order valence-corrected chi connectivity index (χ4v) is 6.26. The van der Waals surface area contributed by atoms with Gasteiger partial charge in [-0.1, -0.05) is 28.1 Å². The molecule has 0 unspecified atom stereocenters. The number of hydrogen-bond donors (Lipinski definition) is 1. The van der Waals surface area contributed by atoms with Crippen molar-refractivity contribution in [1.29, 1.82) is 0 Å². The minimum Gasteiger partial charge on any atom is -0.372 e. The van der Waals surface area contributed by atoms with Gasteiger partial charge in [0, 0.05) is 47.9 Å². The molecule has 2 fully saturated rings. The highest BCUT2D eigenvalue weighted by molar-refractivity contribution is 9.10. The van der Waals surface area contributed by atoms with Crippen molar-refractivity contribution in [2.75, 3.05) is 36.4 Å². The average molecular weight is 520 g/mol. The second kappa shape index (κ2) is 10.4. The van der Waals surface area contributed by atoms with Gasteiger partial charge in [0.1, 0.15) is 0 Å². The molecule has 0 saturated carbocycles. The summed E-state index contributed by atoms with van der Waals surface area (Å²) in [4.78, 5) is 15.1. The van der Waals surface area contributed by atoms with Gasteiger partial charge in [0.15, 0.2) is 0 Å². The van der Waals surface area contributed by atoms with E-state index in [1.807, 2.05) is 36.4 Å². The smallest absolute Gasteiger partial charge is 0.227 e. The Kier molecular flexibility index (Phi) is 7.53. The van der Waals surface area contributed by atoms with Gasteiger partial charge in [0.2, 0.25) is 15.9 Å². The van der Waals surface area contributed by atoms with E-state index < -0.39 is 10.0 Å². The summed E-state index contributed by atoms with van der Waals surface area (Å²) in [6, 6.07) is 15.4. The van der Waals surface area contributed by atoms with Crippen LogP contribution in [0.2, 0.25) is 0 Å². The molecular formula is C24H30BrN3O3S. The molecule has 172 valence electrons. The molecule has 2 heterocycles. The maximum atomic E-state index is 12.8. The van der Waals surface area contributed by atoms with Crippen molar-refractivity contribution in [3.05, 3.63) is 58.6 Å². The standard InChI is InChI=1S/C24H30BrN3O3S/c25-21-6-4-19(5-7-21)18-32(30,31)28-16-12-20(13-17-28)24(29)26-22-8-10-23(11-9-22)27-14-2-1-3-15-27/h4-11,20H,1-3,12-18H2,(H,26,29). The van der Waals surface area contributed by atoms with Gasteiger partial charge in [-0.05, 0) is 74.1 Å². The molecule has 2 aliphatic rings. The Balaban J connectivity index is 1.28. The van der Waals surface area contributed by atoms with E-state index in [4.69, 9.17) is 0 Å². The van der Waals surface area contributed by atoms with Gasteiger partial charge in [-0.25, -0.2) is 12.7 Å². The Bertz CT molecular complexity index is 1010. The number of carbonyl (C=O) groups is 1. The second-order valence-corrected chi connectivity index (χ2v) is 11.5. The summed E-state index contributed by atoms with van der Waals surface area (Å²) in [7, 11) is -3.39. The van der Waals surface area contributed by atoms with Crippen LogP contribution in [0.1, 0.15) is 37.7 Å². The molecule has 0 bridgehead atoms. The maximum absolute atomic E-state index is 12.8. The average Bonchev–Trinajstić information content (AvgIpc) is 2.81. The second-order valence-electron chi connectivity index (χ2n) is 8.64. The minimum absolute atomic E-state index is 0.0134. The van der Waals surface area contributed by atoms with Crippen molar-refractivity contribution in [2.24, 2.45) is 5.92 Å². The quantitative estimate of drug-likeness (QED) is 0.604. The number of carbonyl (C=O) groups excluding carboxylic acids is 1. The van der Waals surface area contributed by atoms with Gasteiger partial charge in [-0.2, -0.15) is 0 Å². The van der Waals surface area contributed by atoms with Gasteiger partial charge >= 0.3 is 0 Å². The summed E-state index contributed by atoms with van der Waals surface area (Å²) >= 11 is 3.37. The van der Waals surface area contributed by atoms with Gasteiger partial charge < -0.3 is 10.2 Å². The van der Waals surface area contributed by atoms with Gasteiger partial charge in [0.05, 0.1) is 5.75 Å².